The van der Waals surface area contributed by atoms with Gasteiger partial charge in [-0.25, -0.2) is 0 Å². The lowest BCUT2D eigenvalue weighted by Crippen LogP contribution is -2.43. The zero-order chi connectivity index (χ0) is 16.6. The Morgan fingerprint density at radius 1 is 1.38 bits per heavy atom. The molecular formula is C18H26N2O4. The maximum atomic E-state index is 12.4. The van der Waals surface area contributed by atoms with Crippen LogP contribution < -0.4 is 0 Å². The van der Waals surface area contributed by atoms with Crippen LogP contribution in [0, 0.1) is 18.3 Å². The summed E-state index contributed by atoms with van der Waals surface area (Å²) in [5.41, 5.74) is 0.965. The molecule has 1 aromatic heterocycles. The van der Waals surface area contributed by atoms with Gasteiger partial charge < -0.3 is 18.9 Å². The molecule has 2 aliphatic heterocycles. The molecule has 1 spiro atoms. The number of hydrogen-bond acceptors (Lipinski definition) is 5. The second-order valence-electron chi connectivity index (χ2n) is 7.74. The van der Waals surface area contributed by atoms with Crippen molar-refractivity contribution < 1.29 is 18.8 Å². The Labute approximate surface area is 142 Å². The van der Waals surface area contributed by atoms with Gasteiger partial charge in [-0.2, -0.15) is 0 Å². The highest BCUT2D eigenvalue weighted by Crippen LogP contribution is 2.42. The quantitative estimate of drug-likeness (QED) is 0.827. The van der Waals surface area contributed by atoms with Crippen LogP contribution in [0.1, 0.15) is 48.4 Å². The first-order valence-electron chi connectivity index (χ1n) is 9.06. The van der Waals surface area contributed by atoms with Crippen molar-refractivity contribution >= 4 is 5.91 Å². The number of amides is 1. The maximum Gasteiger partial charge on any atom is 0.292 e. The average Bonchev–Trinajstić information content (AvgIpc) is 3.18. The van der Waals surface area contributed by atoms with Crippen LogP contribution in [0.2, 0.25) is 0 Å². The summed E-state index contributed by atoms with van der Waals surface area (Å²) in [7, 11) is 0. The van der Waals surface area contributed by atoms with Crippen molar-refractivity contribution in [3.63, 3.8) is 0 Å². The molecule has 2 saturated heterocycles. The number of hydrogen-bond donors (Lipinski definition) is 0. The van der Waals surface area contributed by atoms with Crippen LogP contribution in [0.4, 0.5) is 0 Å². The molecule has 132 valence electrons. The smallest absolute Gasteiger partial charge is 0.292 e. The molecule has 6 heteroatoms. The molecule has 6 nitrogen and oxygen atoms in total. The van der Waals surface area contributed by atoms with Crippen LogP contribution in [0.25, 0.3) is 0 Å². The molecule has 0 aromatic carbocycles. The predicted octanol–water partition coefficient (Wildman–Crippen LogP) is 2.42. The minimum absolute atomic E-state index is 0.0475. The van der Waals surface area contributed by atoms with E-state index in [0.717, 1.165) is 63.8 Å². The first kappa shape index (κ1) is 16.1. The topological polar surface area (TPSA) is 64.8 Å². The predicted molar refractivity (Wildman–Crippen MR) is 86.7 cm³/mol. The van der Waals surface area contributed by atoms with E-state index in [1.54, 1.807) is 6.07 Å². The van der Waals surface area contributed by atoms with E-state index in [0.29, 0.717) is 5.76 Å². The maximum absolute atomic E-state index is 12.4. The molecule has 3 heterocycles. The van der Waals surface area contributed by atoms with Gasteiger partial charge in [0.15, 0.2) is 0 Å². The van der Waals surface area contributed by atoms with Crippen LogP contribution in [0.5, 0.6) is 0 Å². The minimum atomic E-state index is -0.0475. The number of carbonyl (C=O) groups is 1. The summed E-state index contributed by atoms with van der Waals surface area (Å²) in [6.45, 7) is 5.76. The van der Waals surface area contributed by atoms with Crippen molar-refractivity contribution in [2.24, 2.45) is 11.3 Å². The number of likely N-dealkylation sites (tertiary alicyclic amines) is 1. The Kier molecular flexibility index (Phi) is 4.35. The summed E-state index contributed by atoms with van der Waals surface area (Å²) in [4.78, 5) is 14.3. The van der Waals surface area contributed by atoms with E-state index in [2.05, 4.69) is 5.16 Å². The highest BCUT2D eigenvalue weighted by Gasteiger charge is 2.43. The van der Waals surface area contributed by atoms with Crippen molar-refractivity contribution in [3.05, 3.63) is 17.5 Å². The van der Waals surface area contributed by atoms with E-state index in [9.17, 15) is 4.79 Å². The van der Waals surface area contributed by atoms with Crippen molar-refractivity contribution in [1.29, 1.82) is 0 Å². The Hall–Kier alpha value is -1.40. The summed E-state index contributed by atoms with van der Waals surface area (Å²) < 4.78 is 16.9. The van der Waals surface area contributed by atoms with E-state index >= 15 is 0 Å². The third kappa shape index (κ3) is 3.49. The van der Waals surface area contributed by atoms with Gasteiger partial charge in [-0.15, -0.1) is 0 Å². The van der Waals surface area contributed by atoms with Crippen molar-refractivity contribution in [3.8, 4) is 0 Å². The number of piperidine rings is 1. The first-order valence-corrected chi connectivity index (χ1v) is 9.06. The van der Waals surface area contributed by atoms with Gasteiger partial charge in [0.05, 0.1) is 25.0 Å². The molecule has 3 fully saturated rings. The van der Waals surface area contributed by atoms with Gasteiger partial charge in [-0.05, 0) is 50.4 Å². The fourth-order valence-electron chi connectivity index (χ4n) is 3.81. The van der Waals surface area contributed by atoms with E-state index in [1.807, 2.05) is 11.8 Å². The molecule has 0 radical (unpaired) electrons. The molecule has 1 unspecified atom stereocenters. The lowest BCUT2D eigenvalue weighted by Gasteiger charge is -2.38. The van der Waals surface area contributed by atoms with Crippen molar-refractivity contribution in [2.45, 2.75) is 45.1 Å². The van der Waals surface area contributed by atoms with E-state index in [4.69, 9.17) is 14.0 Å². The Morgan fingerprint density at radius 3 is 2.83 bits per heavy atom. The summed E-state index contributed by atoms with van der Waals surface area (Å²) in [5.74, 6) is 1.10. The molecule has 3 aliphatic rings. The van der Waals surface area contributed by atoms with Crippen molar-refractivity contribution in [1.82, 2.24) is 10.1 Å². The van der Waals surface area contributed by atoms with E-state index < -0.39 is 0 Å². The minimum Gasteiger partial charge on any atom is -0.378 e. The zero-order valence-electron chi connectivity index (χ0n) is 14.3. The molecule has 1 amide bonds. The zero-order valence-corrected chi connectivity index (χ0v) is 14.3. The lowest BCUT2D eigenvalue weighted by molar-refractivity contribution is 0.00927. The van der Waals surface area contributed by atoms with Gasteiger partial charge in [0, 0.05) is 25.8 Å². The summed E-state index contributed by atoms with van der Waals surface area (Å²) in [5, 5.41) is 3.80. The molecule has 4 rings (SSSR count). The average molecular weight is 334 g/mol. The van der Waals surface area contributed by atoms with E-state index in [-0.39, 0.29) is 17.4 Å². The van der Waals surface area contributed by atoms with Gasteiger partial charge in [0.1, 0.15) is 0 Å². The van der Waals surface area contributed by atoms with E-state index in [1.165, 1.54) is 12.8 Å². The van der Waals surface area contributed by atoms with Gasteiger partial charge in [0.2, 0.25) is 5.76 Å². The second kappa shape index (κ2) is 6.48. The van der Waals surface area contributed by atoms with Crippen LogP contribution in [0.3, 0.4) is 0 Å². The van der Waals surface area contributed by atoms with Gasteiger partial charge in [-0.3, -0.25) is 4.79 Å². The monoisotopic (exact) mass is 334 g/mol. The van der Waals surface area contributed by atoms with Crippen LogP contribution in [-0.2, 0) is 9.47 Å². The Bertz CT molecular complexity index is 588. The highest BCUT2D eigenvalue weighted by atomic mass is 16.5. The summed E-state index contributed by atoms with van der Waals surface area (Å²) in [6.07, 6.45) is 5.91. The molecule has 0 N–H and O–H groups in total. The number of ether oxygens (including phenoxy) is 2. The fourth-order valence-corrected chi connectivity index (χ4v) is 3.81. The Morgan fingerprint density at radius 2 is 2.17 bits per heavy atom. The SMILES string of the molecule is Cc1cc(C(=O)N2CCC3(CC2)COC(COCC2CC2)C3)on1. The second-order valence-corrected chi connectivity index (χ2v) is 7.74. The van der Waals surface area contributed by atoms with Gasteiger partial charge in [-0.1, -0.05) is 5.16 Å². The van der Waals surface area contributed by atoms with Crippen LogP contribution >= 0.6 is 0 Å². The molecular weight excluding hydrogens is 308 g/mol. The first-order chi connectivity index (χ1) is 11.6. The summed E-state index contributed by atoms with van der Waals surface area (Å²) >= 11 is 0. The Balaban J connectivity index is 1.25. The largest absolute Gasteiger partial charge is 0.378 e. The lowest BCUT2D eigenvalue weighted by atomic mass is 9.76. The van der Waals surface area contributed by atoms with Gasteiger partial charge in [0.25, 0.3) is 5.91 Å². The number of carbonyl (C=O) groups excluding carboxylic acids is 1. The molecule has 0 bridgehead atoms. The number of nitrogens with zero attached hydrogens (tertiary/aromatic N) is 2. The molecule has 1 saturated carbocycles. The third-order valence-electron chi connectivity index (χ3n) is 5.59. The standard InChI is InChI=1S/C18H26N2O4/c1-13-8-16(24-19-13)17(21)20-6-4-18(5-7-20)9-15(23-12-18)11-22-10-14-2-3-14/h8,14-15H,2-7,9-12H2,1H3. The van der Waals surface area contributed by atoms with Gasteiger partial charge >= 0.3 is 0 Å². The van der Waals surface area contributed by atoms with Crippen molar-refractivity contribution in [2.75, 3.05) is 32.9 Å². The molecule has 1 aromatic rings. The molecule has 24 heavy (non-hydrogen) atoms. The molecule has 1 aliphatic carbocycles. The van der Waals surface area contributed by atoms with Crippen LogP contribution in [-0.4, -0.2) is 55.0 Å². The highest BCUT2D eigenvalue weighted by molar-refractivity contribution is 5.91. The summed E-state index contributed by atoms with van der Waals surface area (Å²) in [6, 6.07) is 1.71. The number of aromatic nitrogens is 1. The third-order valence-corrected chi connectivity index (χ3v) is 5.59. The van der Waals surface area contributed by atoms with Crippen LogP contribution in [0.15, 0.2) is 10.6 Å². The normalized spacial score (nSPS) is 26.2. The number of rotatable bonds is 5. The number of aryl methyl sites for hydroxylation is 1. The molecule has 1 atom stereocenters. The fraction of sp³-hybridized carbons (Fsp3) is 0.778.